The number of ketones is 1. The van der Waals surface area contributed by atoms with Crippen LogP contribution in [0.15, 0.2) is 56.7 Å². The van der Waals surface area contributed by atoms with Crippen LogP contribution in [0.2, 0.25) is 0 Å². The third-order valence-electron chi connectivity index (χ3n) is 3.16. The third-order valence-corrected chi connectivity index (χ3v) is 4.09. The van der Waals surface area contributed by atoms with E-state index in [1.165, 1.54) is 18.0 Å². The van der Waals surface area contributed by atoms with Crippen LogP contribution in [0.5, 0.6) is 5.75 Å². The van der Waals surface area contributed by atoms with Crippen molar-refractivity contribution >= 4 is 17.5 Å². The first-order valence-corrected chi connectivity index (χ1v) is 7.77. The van der Waals surface area contributed by atoms with Crippen molar-refractivity contribution in [3.63, 3.8) is 0 Å². The molecule has 2 aromatic heterocycles. The molecule has 0 amide bonds. The molecule has 0 aliphatic carbocycles. The van der Waals surface area contributed by atoms with Gasteiger partial charge in [0.25, 0.3) is 11.1 Å². The summed E-state index contributed by atoms with van der Waals surface area (Å²) in [7, 11) is 1.58. The summed E-state index contributed by atoms with van der Waals surface area (Å²) in [5.41, 5.74) is 0.608. The van der Waals surface area contributed by atoms with E-state index in [1.807, 2.05) is 0 Å². The number of aromatic nitrogens is 2. The van der Waals surface area contributed by atoms with Gasteiger partial charge in [-0.25, -0.2) is 0 Å². The first kappa shape index (κ1) is 15.4. The molecule has 23 heavy (non-hydrogen) atoms. The van der Waals surface area contributed by atoms with Crippen LogP contribution >= 0.6 is 11.8 Å². The molecule has 0 radical (unpaired) electrons. The summed E-state index contributed by atoms with van der Waals surface area (Å²) in [6.07, 6.45) is 1.53. The first-order chi connectivity index (χ1) is 11.2. The number of carbonyl (C=O) groups excluding carboxylic acids is 1. The second kappa shape index (κ2) is 6.70. The number of methoxy groups -OCH3 is 1. The van der Waals surface area contributed by atoms with Gasteiger partial charge in [-0.2, -0.15) is 0 Å². The Labute approximate surface area is 136 Å². The zero-order chi connectivity index (χ0) is 16.2. The van der Waals surface area contributed by atoms with Gasteiger partial charge in [0.2, 0.25) is 0 Å². The summed E-state index contributed by atoms with van der Waals surface area (Å²) < 4.78 is 15.8. The highest BCUT2D eigenvalue weighted by molar-refractivity contribution is 8.00. The fraction of sp³-hybridized carbons (Fsp3) is 0.188. The zero-order valence-electron chi connectivity index (χ0n) is 12.6. The summed E-state index contributed by atoms with van der Waals surface area (Å²) in [5, 5.41) is 7.81. The van der Waals surface area contributed by atoms with E-state index in [4.69, 9.17) is 13.6 Å². The van der Waals surface area contributed by atoms with E-state index in [0.717, 1.165) is 0 Å². The smallest absolute Gasteiger partial charge is 0.284 e. The van der Waals surface area contributed by atoms with Gasteiger partial charge in [0, 0.05) is 5.56 Å². The highest BCUT2D eigenvalue weighted by Gasteiger charge is 2.20. The number of thioether (sulfide) groups is 1. The Balaban J connectivity index is 1.68. The highest BCUT2D eigenvalue weighted by atomic mass is 32.2. The van der Waals surface area contributed by atoms with Crippen LogP contribution in [0, 0.1) is 0 Å². The summed E-state index contributed by atoms with van der Waals surface area (Å²) in [6.45, 7) is 1.80. The Morgan fingerprint density at radius 3 is 2.65 bits per heavy atom. The fourth-order valence-corrected chi connectivity index (χ4v) is 2.71. The molecule has 0 spiro atoms. The largest absolute Gasteiger partial charge is 0.497 e. The maximum absolute atomic E-state index is 12.4. The SMILES string of the molecule is COc1ccc(C(=O)C(C)Sc2nnc(-c3ccco3)o2)cc1. The van der Waals surface area contributed by atoms with Gasteiger partial charge in [-0.1, -0.05) is 11.8 Å². The van der Waals surface area contributed by atoms with E-state index in [0.29, 0.717) is 28.2 Å². The molecule has 0 bridgehead atoms. The van der Waals surface area contributed by atoms with Crippen molar-refractivity contribution in [2.24, 2.45) is 0 Å². The van der Waals surface area contributed by atoms with Crippen molar-refractivity contribution in [1.29, 1.82) is 0 Å². The van der Waals surface area contributed by atoms with Crippen LogP contribution in [0.1, 0.15) is 17.3 Å². The van der Waals surface area contributed by atoms with Crippen LogP contribution in [-0.4, -0.2) is 28.3 Å². The molecule has 1 atom stereocenters. The molecule has 0 N–H and O–H groups in total. The van der Waals surface area contributed by atoms with E-state index < -0.39 is 0 Å². The van der Waals surface area contributed by atoms with Crippen LogP contribution in [0.4, 0.5) is 0 Å². The van der Waals surface area contributed by atoms with Crippen LogP contribution in [0.3, 0.4) is 0 Å². The zero-order valence-corrected chi connectivity index (χ0v) is 13.4. The lowest BCUT2D eigenvalue weighted by Crippen LogP contribution is -2.13. The number of ether oxygens (including phenoxy) is 1. The van der Waals surface area contributed by atoms with Crippen molar-refractivity contribution < 1.29 is 18.4 Å². The molecule has 0 fully saturated rings. The first-order valence-electron chi connectivity index (χ1n) is 6.89. The lowest BCUT2D eigenvalue weighted by Gasteiger charge is -2.08. The standard InChI is InChI=1S/C16H14N2O4S/c1-10(14(19)11-5-7-12(20-2)8-6-11)23-16-18-17-15(22-16)13-4-3-9-21-13/h3-10H,1-2H3. The summed E-state index contributed by atoms with van der Waals surface area (Å²) in [6, 6.07) is 10.5. The maximum Gasteiger partial charge on any atom is 0.284 e. The van der Waals surface area contributed by atoms with E-state index in [9.17, 15) is 4.79 Å². The predicted octanol–water partition coefficient (Wildman–Crippen LogP) is 3.70. The molecule has 2 heterocycles. The van der Waals surface area contributed by atoms with Gasteiger partial charge in [0.1, 0.15) is 5.75 Å². The molecule has 0 aliphatic rings. The van der Waals surface area contributed by atoms with E-state index >= 15 is 0 Å². The van der Waals surface area contributed by atoms with Gasteiger partial charge in [0.15, 0.2) is 11.5 Å². The number of hydrogen-bond donors (Lipinski definition) is 0. The summed E-state index contributed by atoms with van der Waals surface area (Å²) in [4.78, 5) is 12.4. The molecule has 118 valence electrons. The van der Waals surface area contributed by atoms with E-state index in [1.54, 1.807) is 50.4 Å². The Hall–Kier alpha value is -2.54. The maximum atomic E-state index is 12.4. The Kier molecular flexibility index (Phi) is 4.47. The molecule has 0 saturated carbocycles. The van der Waals surface area contributed by atoms with Crippen LogP contribution in [0.25, 0.3) is 11.7 Å². The number of carbonyl (C=O) groups is 1. The van der Waals surface area contributed by atoms with Gasteiger partial charge in [-0.15, -0.1) is 10.2 Å². The Bertz CT molecular complexity index is 781. The van der Waals surface area contributed by atoms with Crippen molar-refractivity contribution in [3.05, 3.63) is 48.2 Å². The quantitative estimate of drug-likeness (QED) is 0.503. The molecule has 1 aromatic carbocycles. The van der Waals surface area contributed by atoms with Gasteiger partial charge in [-0.05, 0) is 43.3 Å². The van der Waals surface area contributed by atoms with Gasteiger partial charge in [-0.3, -0.25) is 4.79 Å². The number of rotatable bonds is 6. The average Bonchev–Trinajstić information content (AvgIpc) is 3.25. The lowest BCUT2D eigenvalue weighted by molar-refractivity contribution is 0.0993. The van der Waals surface area contributed by atoms with Crippen molar-refractivity contribution in [2.45, 2.75) is 17.4 Å². The molecule has 7 heteroatoms. The fourth-order valence-electron chi connectivity index (χ4n) is 1.95. The van der Waals surface area contributed by atoms with E-state index in [-0.39, 0.29) is 11.0 Å². The molecule has 0 aliphatic heterocycles. The van der Waals surface area contributed by atoms with Gasteiger partial charge < -0.3 is 13.6 Å². The van der Waals surface area contributed by atoms with Gasteiger partial charge >= 0.3 is 0 Å². The van der Waals surface area contributed by atoms with Crippen molar-refractivity contribution in [1.82, 2.24) is 10.2 Å². The Morgan fingerprint density at radius 2 is 2.00 bits per heavy atom. The van der Waals surface area contributed by atoms with Crippen molar-refractivity contribution in [3.8, 4) is 17.4 Å². The van der Waals surface area contributed by atoms with Crippen LogP contribution < -0.4 is 4.74 Å². The second-order valence-corrected chi connectivity index (χ2v) is 6.00. The topological polar surface area (TPSA) is 78.4 Å². The molecule has 3 rings (SSSR count). The number of furan rings is 1. The second-order valence-electron chi connectivity index (χ2n) is 4.70. The Morgan fingerprint density at radius 1 is 1.22 bits per heavy atom. The van der Waals surface area contributed by atoms with Crippen molar-refractivity contribution in [2.75, 3.05) is 7.11 Å². The lowest BCUT2D eigenvalue weighted by atomic mass is 10.1. The molecule has 1 unspecified atom stereocenters. The molecule has 6 nitrogen and oxygen atoms in total. The summed E-state index contributed by atoms with van der Waals surface area (Å²) >= 11 is 1.21. The number of Topliss-reactive ketones (excluding diaryl/α,β-unsaturated/α-hetero) is 1. The number of nitrogens with zero attached hydrogens (tertiary/aromatic N) is 2. The monoisotopic (exact) mass is 330 g/mol. The van der Waals surface area contributed by atoms with E-state index in [2.05, 4.69) is 10.2 Å². The van der Waals surface area contributed by atoms with Crippen LogP contribution in [-0.2, 0) is 0 Å². The number of benzene rings is 1. The highest BCUT2D eigenvalue weighted by Crippen LogP contribution is 2.28. The summed E-state index contributed by atoms with van der Waals surface area (Å²) in [5.74, 6) is 1.48. The minimum absolute atomic E-state index is 0.0181. The number of hydrogen-bond acceptors (Lipinski definition) is 7. The molecular formula is C16H14N2O4S. The average molecular weight is 330 g/mol. The molecule has 0 saturated heterocycles. The minimum atomic E-state index is -0.353. The molecular weight excluding hydrogens is 316 g/mol. The van der Waals surface area contributed by atoms with Gasteiger partial charge in [0.05, 0.1) is 18.6 Å². The predicted molar refractivity (Wildman–Crippen MR) is 84.6 cm³/mol. The minimum Gasteiger partial charge on any atom is -0.497 e. The normalized spacial score (nSPS) is 12.1. The third kappa shape index (κ3) is 3.45. The molecule has 3 aromatic rings.